The average molecular weight is 444 g/mol. The number of pyridine rings is 1. The average Bonchev–Trinajstić information content (AvgIpc) is 3.08. The second-order valence-electron chi connectivity index (χ2n) is 7.55. The molecule has 0 unspecified atom stereocenters. The Morgan fingerprint density at radius 2 is 1.67 bits per heavy atom. The molecular formula is C26H25N3O4. The number of hydrogen-bond acceptors (Lipinski definition) is 6. The maximum atomic E-state index is 13.5. The minimum absolute atomic E-state index is 0.127. The molecule has 0 radical (unpaired) electrons. The van der Waals surface area contributed by atoms with Crippen molar-refractivity contribution in [2.75, 3.05) is 19.5 Å². The molecule has 0 spiro atoms. The van der Waals surface area contributed by atoms with E-state index in [0.717, 1.165) is 17.7 Å². The molecule has 7 nitrogen and oxygen atoms in total. The first-order valence-corrected chi connectivity index (χ1v) is 10.6. The summed E-state index contributed by atoms with van der Waals surface area (Å²) in [5, 5.41) is 3.18. The Hall–Kier alpha value is -4.13. The number of methoxy groups -OCH3 is 2. The highest BCUT2D eigenvalue weighted by Crippen LogP contribution is 2.36. The molecule has 7 heteroatoms. The second kappa shape index (κ2) is 9.56. The first-order valence-electron chi connectivity index (χ1n) is 10.6. The molecule has 2 heterocycles. The molecule has 0 saturated heterocycles. The minimum atomic E-state index is -0.395. The summed E-state index contributed by atoms with van der Waals surface area (Å²) in [5.74, 6) is 0.229. The molecule has 2 aromatic carbocycles. The van der Waals surface area contributed by atoms with Crippen LogP contribution >= 0.6 is 0 Å². The van der Waals surface area contributed by atoms with Gasteiger partial charge in [0.25, 0.3) is 11.8 Å². The molecule has 1 aliphatic rings. The normalized spacial score (nSPS) is 13.5. The molecule has 0 atom stereocenters. The van der Waals surface area contributed by atoms with Crippen molar-refractivity contribution in [2.45, 2.75) is 19.9 Å². The Labute approximate surface area is 192 Å². The Bertz CT molecular complexity index is 1200. The summed E-state index contributed by atoms with van der Waals surface area (Å²) in [6.45, 7) is 2.21. The summed E-state index contributed by atoms with van der Waals surface area (Å²) < 4.78 is 10.7. The van der Waals surface area contributed by atoms with Gasteiger partial charge in [-0.25, -0.2) is 0 Å². The number of aryl methyl sites for hydroxylation is 1. The summed E-state index contributed by atoms with van der Waals surface area (Å²) >= 11 is 0. The van der Waals surface area contributed by atoms with Gasteiger partial charge in [0.05, 0.1) is 26.3 Å². The third-order valence-corrected chi connectivity index (χ3v) is 5.54. The zero-order valence-electron chi connectivity index (χ0n) is 18.8. The van der Waals surface area contributed by atoms with E-state index in [0.29, 0.717) is 17.1 Å². The minimum Gasteiger partial charge on any atom is -0.493 e. The third kappa shape index (κ3) is 4.43. The molecular weight excluding hydrogens is 418 g/mol. The van der Waals surface area contributed by atoms with E-state index in [4.69, 9.17) is 9.47 Å². The van der Waals surface area contributed by atoms with E-state index >= 15 is 0 Å². The van der Waals surface area contributed by atoms with Crippen LogP contribution in [-0.2, 0) is 22.6 Å². The predicted octanol–water partition coefficient (Wildman–Crippen LogP) is 4.05. The maximum Gasteiger partial charge on any atom is 0.278 e. The van der Waals surface area contributed by atoms with Crippen molar-refractivity contribution in [1.82, 2.24) is 9.88 Å². The Morgan fingerprint density at radius 1 is 0.909 bits per heavy atom. The van der Waals surface area contributed by atoms with Crippen LogP contribution in [0.3, 0.4) is 0 Å². The Morgan fingerprint density at radius 3 is 2.30 bits per heavy atom. The number of imide groups is 1. The number of carbonyl (C=O) groups excluding carboxylic acids is 2. The number of hydrogen-bond donors (Lipinski definition) is 1. The second-order valence-corrected chi connectivity index (χ2v) is 7.55. The van der Waals surface area contributed by atoms with Crippen LogP contribution in [0.5, 0.6) is 11.5 Å². The highest BCUT2D eigenvalue weighted by atomic mass is 16.5. The zero-order valence-corrected chi connectivity index (χ0v) is 18.8. The number of benzene rings is 2. The van der Waals surface area contributed by atoms with Gasteiger partial charge < -0.3 is 14.8 Å². The summed E-state index contributed by atoms with van der Waals surface area (Å²) in [5.41, 5.74) is 3.74. The number of nitrogens with zero attached hydrogens (tertiary/aromatic N) is 2. The van der Waals surface area contributed by atoms with E-state index in [-0.39, 0.29) is 23.7 Å². The van der Waals surface area contributed by atoms with Crippen LogP contribution in [-0.4, -0.2) is 35.9 Å². The van der Waals surface area contributed by atoms with E-state index in [1.165, 1.54) is 17.6 Å². The summed E-state index contributed by atoms with van der Waals surface area (Å²) in [6.07, 6.45) is 4.21. The van der Waals surface area contributed by atoms with Crippen LogP contribution in [0.4, 0.5) is 5.69 Å². The van der Waals surface area contributed by atoms with Crippen molar-refractivity contribution in [3.63, 3.8) is 0 Å². The molecule has 0 saturated carbocycles. The monoisotopic (exact) mass is 443 g/mol. The maximum absolute atomic E-state index is 13.5. The van der Waals surface area contributed by atoms with E-state index in [1.807, 2.05) is 30.3 Å². The lowest BCUT2D eigenvalue weighted by atomic mass is 10.0. The van der Waals surface area contributed by atoms with Gasteiger partial charge >= 0.3 is 0 Å². The first-order chi connectivity index (χ1) is 16.0. The molecule has 168 valence electrons. The van der Waals surface area contributed by atoms with Crippen molar-refractivity contribution in [3.05, 3.63) is 89.4 Å². The molecule has 3 aromatic rings. The lowest BCUT2D eigenvalue weighted by Crippen LogP contribution is -2.32. The van der Waals surface area contributed by atoms with Gasteiger partial charge in [0, 0.05) is 18.1 Å². The van der Waals surface area contributed by atoms with Crippen molar-refractivity contribution in [3.8, 4) is 11.5 Å². The number of aromatic nitrogens is 1. The van der Waals surface area contributed by atoms with Crippen LogP contribution in [0.2, 0.25) is 0 Å². The number of amides is 2. The van der Waals surface area contributed by atoms with Gasteiger partial charge in [0.1, 0.15) is 5.70 Å². The summed E-state index contributed by atoms with van der Waals surface area (Å²) in [6, 6.07) is 16.6. The van der Waals surface area contributed by atoms with Crippen molar-refractivity contribution < 1.29 is 19.1 Å². The Kier molecular flexibility index (Phi) is 6.40. The lowest BCUT2D eigenvalue weighted by molar-refractivity contribution is -0.137. The number of ether oxygens (including phenoxy) is 2. The largest absolute Gasteiger partial charge is 0.493 e. The van der Waals surface area contributed by atoms with Gasteiger partial charge in [0.2, 0.25) is 0 Å². The third-order valence-electron chi connectivity index (χ3n) is 5.54. The smallest absolute Gasteiger partial charge is 0.278 e. The number of rotatable bonds is 8. The molecule has 1 aliphatic heterocycles. The van der Waals surface area contributed by atoms with Gasteiger partial charge in [-0.05, 0) is 53.4 Å². The van der Waals surface area contributed by atoms with E-state index in [2.05, 4.69) is 17.2 Å². The fourth-order valence-corrected chi connectivity index (χ4v) is 3.74. The molecule has 0 bridgehead atoms. The van der Waals surface area contributed by atoms with Crippen molar-refractivity contribution >= 4 is 23.1 Å². The fraction of sp³-hybridized carbons (Fsp3) is 0.192. The predicted molar refractivity (Wildman–Crippen MR) is 126 cm³/mol. The standard InChI is InChI=1S/C26H25N3O4/c1-4-17-7-10-20(11-8-17)28-24-23(19-9-12-21(32-2)22(14-19)33-3)25(30)29(26(24)31)16-18-6-5-13-27-15-18/h5-15,28H,4,16H2,1-3H3. The zero-order chi connectivity index (χ0) is 23.4. The summed E-state index contributed by atoms with van der Waals surface area (Å²) in [4.78, 5) is 32.2. The number of nitrogens with one attached hydrogen (secondary N) is 1. The van der Waals surface area contributed by atoms with Gasteiger partial charge in [-0.1, -0.05) is 31.2 Å². The highest BCUT2D eigenvalue weighted by molar-refractivity contribution is 6.36. The first kappa shape index (κ1) is 22.1. The van der Waals surface area contributed by atoms with E-state index in [9.17, 15) is 9.59 Å². The number of carbonyl (C=O) groups is 2. The summed E-state index contributed by atoms with van der Waals surface area (Å²) in [7, 11) is 3.07. The molecule has 0 aliphatic carbocycles. The molecule has 2 amide bonds. The molecule has 0 fully saturated rings. The van der Waals surface area contributed by atoms with E-state index in [1.54, 1.807) is 43.8 Å². The Balaban J connectivity index is 1.76. The highest BCUT2D eigenvalue weighted by Gasteiger charge is 2.39. The number of anilines is 1. The van der Waals surface area contributed by atoms with Gasteiger partial charge in [0.15, 0.2) is 11.5 Å². The topological polar surface area (TPSA) is 80.8 Å². The fourth-order valence-electron chi connectivity index (χ4n) is 3.74. The van der Waals surface area contributed by atoms with Crippen LogP contribution < -0.4 is 14.8 Å². The van der Waals surface area contributed by atoms with Crippen LogP contribution in [0, 0.1) is 0 Å². The van der Waals surface area contributed by atoms with Crippen LogP contribution in [0.1, 0.15) is 23.6 Å². The van der Waals surface area contributed by atoms with Crippen molar-refractivity contribution in [2.24, 2.45) is 0 Å². The molecule has 1 aromatic heterocycles. The van der Waals surface area contributed by atoms with E-state index < -0.39 is 5.91 Å². The quantitative estimate of drug-likeness (QED) is 0.529. The van der Waals surface area contributed by atoms with Gasteiger partial charge in [-0.2, -0.15) is 0 Å². The van der Waals surface area contributed by atoms with Crippen LogP contribution in [0.15, 0.2) is 72.7 Å². The van der Waals surface area contributed by atoms with Crippen LogP contribution in [0.25, 0.3) is 5.57 Å². The molecule has 4 rings (SSSR count). The molecule has 33 heavy (non-hydrogen) atoms. The van der Waals surface area contributed by atoms with Gasteiger partial charge in [-0.15, -0.1) is 0 Å². The SMILES string of the molecule is CCc1ccc(NC2=C(c3ccc(OC)c(OC)c3)C(=O)N(Cc3cccnc3)C2=O)cc1. The lowest BCUT2D eigenvalue weighted by Gasteiger charge is -2.15. The van der Waals surface area contributed by atoms with Crippen molar-refractivity contribution in [1.29, 1.82) is 0 Å². The van der Waals surface area contributed by atoms with Gasteiger partial charge in [-0.3, -0.25) is 19.5 Å². The molecule has 1 N–H and O–H groups in total.